The summed E-state index contributed by atoms with van der Waals surface area (Å²) in [7, 11) is 0. The van der Waals surface area contributed by atoms with Crippen molar-refractivity contribution in [3.8, 4) is 0 Å². The number of carbonyl (C=O) groups is 1. The molecule has 2 aromatic rings. The molecule has 108 valence electrons. The topological polar surface area (TPSA) is 85.1 Å². The molecule has 0 saturated heterocycles. The second-order valence-electron chi connectivity index (χ2n) is 3.84. The van der Waals surface area contributed by atoms with Gasteiger partial charge in [-0.1, -0.05) is 0 Å². The van der Waals surface area contributed by atoms with Crippen LogP contribution in [0.15, 0.2) is 35.1 Å². The molecule has 0 aliphatic heterocycles. The molecule has 21 heavy (non-hydrogen) atoms. The smallest absolute Gasteiger partial charge is 0.308 e. The Bertz CT molecular complexity index is 740. The Balaban J connectivity index is 2.40. The molecule has 1 N–H and O–H groups in total. The van der Waals surface area contributed by atoms with Crippen LogP contribution in [-0.4, -0.2) is 15.8 Å². The Morgan fingerprint density at radius 1 is 1.38 bits per heavy atom. The molecule has 0 unspecified atom stereocenters. The summed E-state index contributed by atoms with van der Waals surface area (Å²) in [5.41, 5.74) is -1.66. The quantitative estimate of drug-likeness (QED) is 0.518. The van der Waals surface area contributed by atoms with E-state index in [2.05, 4.69) is 26.2 Å². The van der Waals surface area contributed by atoms with Crippen molar-refractivity contribution >= 4 is 33.2 Å². The van der Waals surface area contributed by atoms with Crippen molar-refractivity contribution in [3.05, 3.63) is 62.4 Å². The van der Waals surface area contributed by atoms with Crippen LogP contribution in [0.4, 0.5) is 20.2 Å². The van der Waals surface area contributed by atoms with Crippen molar-refractivity contribution < 1.29 is 18.5 Å². The number of pyridine rings is 1. The van der Waals surface area contributed by atoms with Crippen LogP contribution < -0.4 is 5.32 Å². The first kappa shape index (κ1) is 15.0. The molecule has 0 aliphatic carbocycles. The molecule has 1 amide bonds. The highest BCUT2D eigenvalue weighted by atomic mass is 79.9. The number of carbonyl (C=O) groups excluding carboxylic acids is 1. The van der Waals surface area contributed by atoms with Gasteiger partial charge in [0.15, 0.2) is 0 Å². The number of rotatable bonds is 3. The maximum atomic E-state index is 13.9. The van der Waals surface area contributed by atoms with Gasteiger partial charge in [0.2, 0.25) is 5.82 Å². The Kier molecular flexibility index (Phi) is 4.22. The minimum Gasteiger partial charge on any atom is -0.320 e. The highest BCUT2D eigenvalue weighted by molar-refractivity contribution is 9.10. The van der Waals surface area contributed by atoms with Gasteiger partial charge in [-0.2, -0.15) is 4.39 Å². The molecule has 1 aromatic heterocycles. The normalized spacial score (nSPS) is 10.2. The summed E-state index contributed by atoms with van der Waals surface area (Å²) in [6.45, 7) is 0. The molecular formula is C12H6BrF2N3O3. The standard InChI is InChI=1S/C12H6BrF2N3O3/c13-11-8(2-1-3-16-11)17-12(19)7-4-6(14)5-9(10(7)15)18(20)21/h1-5H,(H,17,19). The number of hydrogen-bond donors (Lipinski definition) is 1. The van der Waals surface area contributed by atoms with Gasteiger partial charge in [0.05, 0.1) is 22.2 Å². The summed E-state index contributed by atoms with van der Waals surface area (Å²) in [4.78, 5) is 25.3. The monoisotopic (exact) mass is 357 g/mol. The van der Waals surface area contributed by atoms with E-state index in [9.17, 15) is 23.7 Å². The highest BCUT2D eigenvalue weighted by Crippen LogP contribution is 2.24. The predicted molar refractivity (Wildman–Crippen MR) is 72.9 cm³/mol. The van der Waals surface area contributed by atoms with Crippen LogP contribution in [-0.2, 0) is 0 Å². The molecule has 2 rings (SSSR count). The fourth-order valence-corrected chi connectivity index (χ4v) is 1.89. The predicted octanol–water partition coefficient (Wildman–Crippen LogP) is 3.28. The second kappa shape index (κ2) is 5.92. The molecule has 1 aromatic carbocycles. The third-order valence-electron chi connectivity index (χ3n) is 2.47. The highest BCUT2D eigenvalue weighted by Gasteiger charge is 2.24. The van der Waals surface area contributed by atoms with Crippen LogP contribution in [0.3, 0.4) is 0 Å². The first-order chi connectivity index (χ1) is 9.90. The lowest BCUT2D eigenvalue weighted by atomic mass is 10.1. The van der Waals surface area contributed by atoms with E-state index in [-0.39, 0.29) is 10.3 Å². The van der Waals surface area contributed by atoms with Crippen molar-refractivity contribution in [2.45, 2.75) is 0 Å². The first-order valence-corrected chi connectivity index (χ1v) is 6.24. The fourth-order valence-electron chi connectivity index (χ4n) is 1.54. The summed E-state index contributed by atoms with van der Waals surface area (Å²) in [6.07, 6.45) is 1.45. The molecule has 9 heteroatoms. The van der Waals surface area contributed by atoms with Gasteiger partial charge in [0, 0.05) is 6.20 Å². The minimum absolute atomic E-state index is 0.216. The number of halogens is 3. The molecule has 0 radical (unpaired) electrons. The Morgan fingerprint density at radius 2 is 2.10 bits per heavy atom. The van der Waals surface area contributed by atoms with Crippen LogP contribution in [0.5, 0.6) is 0 Å². The van der Waals surface area contributed by atoms with Gasteiger partial charge in [0.25, 0.3) is 5.91 Å². The van der Waals surface area contributed by atoms with Crippen molar-refractivity contribution in [3.63, 3.8) is 0 Å². The molecule has 1 heterocycles. The van der Waals surface area contributed by atoms with Gasteiger partial charge in [-0.3, -0.25) is 14.9 Å². The number of amides is 1. The molecule has 6 nitrogen and oxygen atoms in total. The number of nitrogens with zero attached hydrogens (tertiary/aromatic N) is 2. The van der Waals surface area contributed by atoms with E-state index in [0.29, 0.717) is 12.1 Å². The Hall–Kier alpha value is -2.42. The number of nitrogens with one attached hydrogen (secondary N) is 1. The third kappa shape index (κ3) is 3.19. The van der Waals surface area contributed by atoms with E-state index < -0.39 is 33.7 Å². The number of anilines is 1. The maximum absolute atomic E-state index is 13.9. The summed E-state index contributed by atoms with van der Waals surface area (Å²) in [6, 6.07) is 3.99. The molecule has 0 aliphatic rings. The SMILES string of the molecule is O=C(Nc1cccnc1Br)c1cc(F)cc([N+](=O)[O-])c1F. The van der Waals surface area contributed by atoms with E-state index >= 15 is 0 Å². The van der Waals surface area contributed by atoms with Gasteiger partial charge in [-0.15, -0.1) is 0 Å². The van der Waals surface area contributed by atoms with Gasteiger partial charge in [0.1, 0.15) is 10.4 Å². The van der Waals surface area contributed by atoms with E-state index in [1.807, 2.05) is 0 Å². The van der Waals surface area contributed by atoms with E-state index in [4.69, 9.17) is 0 Å². The lowest BCUT2D eigenvalue weighted by molar-refractivity contribution is -0.387. The number of nitro groups is 1. The van der Waals surface area contributed by atoms with Crippen molar-refractivity contribution in [1.82, 2.24) is 4.98 Å². The molecule has 0 atom stereocenters. The summed E-state index contributed by atoms with van der Waals surface area (Å²) >= 11 is 3.07. The number of aromatic nitrogens is 1. The zero-order valence-corrected chi connectivity index (χ0v) is 11.7. The Morgan fingerprint density at radius 3 is 2.71 bits per heavy atom. The molecule has 0 spiro atoms. The van der Waals surface area contributed by atoms with Gasteiger partial charge in [-0.05, 0) is 34.1 Å². The summed E-state index contributed by atoms with van der Waals surface area (Å²) < 4.78 is 27.4. The third-order valence-corrected chi connectivity index (χ3v) is 3.10. The first-order valence-electron chi connectivity index (χ1n) is 5.45. The van der Waals surface area contributed by atoms with E-state index in [1.165, 1.54) is 18.3 Å². The van der Waals surface area contributed by atoms with Gasteiger partial charge >= 0.3 is 5.69 Å². The van der Waals surface area contributed by atoms with E-state index in [0.717, 1.165) is 0 Å². The second-order valence-corrected chi connectivity index (χ2v) is 4.59. The van der Waals surface area contributed by atoms with Crippen molar-refractivity contribution in [2.24, 2.45) is 0 Å². The molecule has 0 saturated carbocycles. The molecule has 0 fully saturated rings. The zero-order chi connectivity index (χ0) is 15.6. The van der Waals surface area contributed by atoms with Crippen LogP contribution >= 0.6 is 15.9 Å². The number of hydrogen-bond acceptors (Lipinski definition) is 4. The van der Waals surface area contributed by atoms with Gasteiger partial charge in [-0.25, -0.2) is 9.37 Å². The van der Waals surface area contributed by atoms with Crippen molar-refractivity contribution in [1.29, 1.82) is 0 Å². The van der Waals surface area contributed by atoms with Crippen LogP contribution in [0, 0.1) is 21.7 Å². The lowest BCUT2D eigenvalue weighted by Gasteiger charge is -2.07. The number of nitro benzene ring substituents is 1. The average Bonchev–Trinajstić information content (AvgIpc) is 2.43. The van der Waals surface area contributed by atoms with Crippen molar-refractivity contribution in [2.75, 3.05) is 5.32 Å². The van der Waals surface area contributed by atoms with Crippen LogP contribution in [0.25, 0.3) is 0 Å². The average molecular weight is 358 g/mol. The molecular weight excluding hydrogens is 352 g/mol. The molecule has 0 bridgehead atoms. The van der Waals surface area contributed by atoms with Crippen LogP contribution in [0.1, 0.15) is 10.4 Å². The number of benzene rings is 1. The fraction of sp³-hybridized carbons (Fsp3) is 0. The lowest BCUT2D eigenvalue weighted by Crippen LogP contribution is -2.15. The van der Waals surface area contributed by atoms with Gasteiger partial charge < -0.3 is 5.32 Å². The van der Waals surface area contributed by atoms with E-state index in [1.54, 1.807) is 0 Å². The zero-order valence-electron chi connectivity index (χ0n) is 10.1. The Labute approximate surface area is 125 Å². The summed E-state index contributed by atoms with van der Waals surface area (Å²) in [5.74, 6) is -3.51. The minimum atomic E-state index is -1.40. The maximum Gasteiger partial charge on any atom is 0.308 e. The van der Waals surface area contributed by atoms with Crippen LogP contribution in [0.2, 0.25) is 0 Å². The summed E-state index contributed by atoms with van der Waals surface area (Å²) in [5, 5.41) is 12.9. The largest absolute Gasteiger partial charge is 0.320 e.